The molecule has 0 saturated carbocycles. The van der Waals surface area contributed by atoms with Gasteiger partial charge >= 0.3 is 0 Å². The highest BCUT2D eigenvalue weighted by molar-refractivity contribution is 5.94. The molecule has 0 N–H and O–H groups in total. The molecule has 3 heterocycles. The molecule has 2 aromatic carbocycles. The number of ether oxygens (including phenoxy) is 2. The van der Waals surface area contributed by atoms with Gasteiger partial charge in [-0.1, -0.05) is 0 Å². The van der Waals surface area contributed by atoms with Crippen molar-refractivity contribution in [2.24, 2.45) is 0 Å². The van der Waals surface area contributed by atoms with E-state index in [2.05, 4.69) is 19.9 Å². The van der Waals surface area contributed by atoms with Gasteiger partial charge in [-0.3, -0.25) is 4.98 Å². The lowest BCUT2D eigenvalue weighted by Crippen LogP contribution is -2.02. The summed E-state index contributed by atoms with van der Waals surface area (Å²) in [6.45, 7) is 0. The molecule has 9 heteroatoms. The van der Waals surface area contributed by atoms with Gasteiger partial charge in [0.15, 0.2) is 29.0 Å². The first-order valence-electron chi connectivity index (χ1n) is 10.4. The number of hydrogen-bond donors (Lipinski definition) is 0. The normalized spacial score (nSPS) is 11.0. The summed E-state index contributed by atoms with van der Waals surface area (Å²) in [6, 6.07) is 11.8. The Morgan fingerprint density at radius 3 is 2.11 bits per heavy atom. The van der Waals surface area contributed by atoms with Gasteiger partial charge < -0.3 is 9.47 Å². The predicted octanol–water partition coefficient (Wildman–Crippen LogP) is 5.86. The number of halogens is 3. The molecule has 0 spiro atoms. The number of aromatic nitrogens is 4. The summed E-state index contributed by atoms with van der Waals surface area (Å²) in [7, 11) is 2.54. The van der Waals surface area contributed by atoms with Crippen molar-refractivity contribution in [1.29, 1.82) is 0 Å². The minimum absolute atomic E-state index is 0.0262. The van der Waals surface area contributed by atoms with Gasteiger partial charge in [0.25, 0.3) is 0 Å². The molecular weight excluding hydrogens is 457 g/mol. The summed E-state index contributed by atoms with van der Waals surface area (Å²) >= 11 is 0. The number of pyridine rings is 2. The van der Waals surface area contributed by atoms with Crippen molar-refractivity contribution in [3.05, 3.63) is 84.6 Å². The first-order valence-corrected chi connectivity index (χ1v) is 10.4. The van der Waals surface area contributed by atoms with Gasteiger partial charge in [-0.25, -0.2) is 28.1 Å². The standard InChI is InChI=1S/C26H17F3N4O2/c1-34-19-11-20(35-2)23(29)21(22(19)28)18-10-16-13-31-26(15-4-3-9-30-12-15)33-25(16)24(32-18)14-5-7-17(27)8-6-14/h3-13H,1-2H3. The van der Waals surface area contributed by atoms with E-state index in [1.807, 2.05) is 0 Å². The predicted molar refractivity (Wildman–Crippen MR) is 124 cm³/mol. The van der Waals surface area contributed by atoms with Crippen molar-refractivity contribution in [2.45, 2.75) is 0 Å². The van der Waals surface area contributed by atoms with E-state index in [1.54, 1.807) is 24.5 Å². The van der Waals surface area contributed by atoms with Crippen molar-refractivity contribution in [2.75, 3.05) is 14.2 Å². The molecule has 0 aliphatic rings. The summed E-state index contributed by atoms with van der Waals surface area (Å²) in [4.78, 5) is 17.7. The topological polar surface area (TPSA) is 70.0 Å². The highest BCUT2D eigenvalue weighted by Crippen LogP contribution is 2.39. The van der Waals surface area contributed by atoms with Gasteiger partial charge in [0.05, 0.1) is 31.2 Å². The number of hydrogen-bond acceptors (Lipinski definition) is 6. The van der Waals surface area contributed by atoms with Gasteiger partial charge in [0.2, 0.25) is 0 Å². The SMILES string of the molecule is COc1cc(OC)c(F)c(-c2cc3cnc(-c4cccnc4)nc3c(-c3ccc(F)cc3)n2)c1F. The van der Waals surface area contributed by atoms with Crippen molar-refractivity contribution in [1.82, 2.24) is 19.9 Å². The smallest absolute Gasteiger partial charge is 0.177 e. The van der Waals surface area contributed by atoms with Gasteiger partial charge in [0.1, 0.15) is 11.3 Å². The van der Waals surface area contributed by atoms with Crippen LogP contribution in [-0.4, -0.2) is 34.2 Å². The maximum absolute atomic E-state index is 15.3. The minimum Gasteiger partial charge on any atom is -0.494 e. The molecule has 0 bridgehead atoms. The number of benzene rings is 2. The van der Waals surface area contributed by atoms with Crippen LogP contribution in [0.2, 0.25) is 0 Å². The quantitative estimate of drug-likeness (QED) is 0.318. The third kappa shape index (κ3) is 4.01. The summed E-state index contributed by atoms with van der Waals surface area (Å²) < 4.78 is 54.3. The van der Waals surface area contributed by atoms with Crippen molar-refractivity contribution in [3.63, 3.8) is 0 Å². The summed E-state index contributed by atoms with van der Waals surface area (Å²) in [5.74, 6) is -2.32. The Morgan fingerprint density at radius 1 is 0.771 bits per heavy atom. The Morgan fingerprint density at radius 2 is 1.49 bits per heavy atom. The molecular formula is C26H17F3N4O2. The van der Waals surface area contributed by atoms with E-state index < -0.39 is 23.0 Å². The second-order valence-electron chi connectivity index (χ2n) is 7.52. The number of nitrogens with zero attached hydrogens (tertiary/aromatic N) is 4. The van der Waals surface area contributed by atoms with E-state index in [1.165, 1.54) is 50.7 Å². The van der Waals surface area contributed by atoms with Crippen LogP contribution in [0.25, 0.3) is 44.8 Å². The highest BCUT2D eigenvalue weighted by Gasteiger charge is 2.24. The van der Waals surface area contributed by atoms with Gasteiger partial charge in [-0.05, 0) is 42.5 Å². The number of rotatable bonds is 5. The average Bonchev–Trinajstić information content (AvgIpc) is 2.89. The van der Waals surface area contributed by atoms with Gasteiger partial charge in [-0.2, -0.15) is 0 Å². The maximum Gasteiger partial charge on any atom is 0.177 e. The lowest BCUT2D eigenvalue weighted by Gasteiger charge is -2.14. The van der Waals surface area contributed by atoms with Crippen LogP contribution in [0, 0.1) is 17.5 Å². The van der Waals surface area contributed by atoms with E-state index in [4.69, 9.17) is 9.47 Å². The first kappa shape index (κ1) is 22.3. The van der Waals surface area contributed by atoms with Crippen LogP contribution in [0.1, 0.15) is 0 Å². The van der Waals surface area contributed by atoms with Crippen molar-refractivity contribution < 1.29 is 22.6 Å². The fraction of sp³-hybridized carbons (Fsp3) is 0.0769. The first-order chi connectivity index (χ1) is 17.0. The molecule has 0 fully saturated rings. The lowest BCUT2D eigenvalue weighted by molar-refractivity contribution is 0.359. The van der Waals surface area contributed by atoms with E-state index in [0.717, 1.165) is 6.07 Å². The fourth-order valence-corrected chi connectivity index (χ4v) is 3.72. The zero-order valence-electron chi connectivity index (χ0n) is 18.6. The molecule has 3 aromatic heterocycles. The van der Waals surface area contributed by atoms with Crippen LogP contribution in [0.3, 0.4) is 0 Å². The Kier molecular flexibility index (Phi) is 5.74. The monoisotopic (exact) mass is 474 g/mol. The van der Waals surface area contributed by atoms with Gasteiger partial charge in [-0.15, -0.1) is 0 Å². The molecule has 0 radical (unpaired) electrons. The molecule has 0 aliphatic carbocycles. The molecule has 0 saturated heterocycles. The average molecular weight is 474 g/mol. The molecule has 5 aromatic rings. The second-order valence-corrected chi connectivity index (χ2v) is 7.52. The Bertz CT molecular complexity index is 1520. The molecule has 35 heavy (non-hydrogen) atoms. The van der Waals surface area contributed by atoms with Crippen molar-refractivity contribution in [3.8, 4) is 45.4 Å². The molecule has 0 amide bonds. The number of fused-ring (bicyclic) bond motifs is 1. The second kappa shape index (κ2) is 9.02. The molecule has 174 valence electrons. The van der Waals surface area contributed by atoms with Gasteiger partial charge in [0, 0.05) is 41.2 Å². The lowest BCUT2D eigenvalue weighted by atomic mass is 10.0. The largest absolute Gasteiger partial charge is 0.494 e. The van der Waals surface area contributed by atoms with E-state index in [-0.39, 0.29) is 17.2 Å². The fourth-order valence-electron chi connectivity index (χ4n) is 3.72. The molecule has 0 aliphatic heterocycles. The third-order valence-electron chi connectivity index (χ3n) is 5.43. The summed E-state index contributed by atoms with van der Waals surface area (Å²) in [5, 5.41) is 0.475. The van der Waals surface area contributed by atoms with Crippen LogP contribution in [0.5, 0.6) is 11.5 Å². The van der Waals surface area contributed by atoms with Crippen LogP contribution in [-0.2, 0) is 0 Å². The van der Waals surface area contributed by atoms with Crippen molar-refractivity contribution >= 4 is 10.9 Å². The molecule has 0 atom stereocenters. The zero-order chi connectivity index (χ0) is 24.5. The van der Waals surface area contributed by atoms with Crippen LogP contribution in [0.4, 0.5) is 13.2 Å². The van der Waals surface area contributed by atoms with Crippen LogP contribution < -0.4 is 9.47 Å². The third-order valence-corrected chi connectivity index (χ3v) is 5.43. The molecule has 6 nitrogen and oxygen atoms in total. The maximum atomic E-state index is 15.3. The molecule has 0 unspecified atom stereocenters. The van der Waals surface area contributed by atoms with E-state index in [0.29, 0.717) is 33.5 Å². The Hall–Kier alpha value is -4.53. The van der Waals surface area contributed by atoms with E-state index in [9.17, 15) is 4.39 Å². The Labute approximate surface area is 198 Å². The van der Waals surface area contributed by atoms with E-state index >= 15 is 8.78 Å². The zero-order valence-corrected chi connectivity index (χ0v) is 18.6. The van der Waals surface area contributed by atoms with Crippen LogP contribution >= 0.6 is 0 Å². The van der Waals surface area contributed by atoms with Crippen LogP contribution in [0.15, 0.2) is 67.1 Å². The Balaban J connectivity index is 1.82. The number of methoxy groups -OCH3 is 2. The highest BCUT2D eigenvalue weighted by atomic mass is 19.1. The summed E-state index contributed by atoms with van der Waals surface area (Å²) in [6.07, 6.45) is 4.79. The summed E-state index contributed by atoms with van der Waals surface area (Å²) in [5.41, 5.74) is 1.45. The minimum atomic E-state index is -0.935. The molecule has 5 rings (SSSR count).